The van der Waals surface area contributed by atoms with Crippen LogP contribution in [0.4, 0.5) is 0 Å². The molecule has 0 bridgehead atoms. The van der Waals surface area contributed by atoms with Crippen molar-refractivity contribution in [1.82, 2.24) is 10.2 Å². The first-order valence-corrected chi connectivity index (χ1v) is 8.64. The van der Waals surface area contributed by atoms with E-state index in [1.165, 1.54) is 6.42 Å². The van der Waals surface area contributed by atoms with E-state index < -0.39 is 0 Å². The molecule has 1 atom stereocenters. The molecule has 2 fully saturated rings. The summed E-state index contributed by atoms with van der Waals surface area (Å²) in [6.45, 7) is 5.60. The van der Waals surface area contributed by atoms with E-state index >= 15 is 0 Å². The number of hydrogen-bond acceptors (Lipinski definition) is 4. The van der Waals surface area contributed by atoms with Crippen LogP contribution in [0.1, 0.15) is 35.2 Å². The topological polar surface area (TPSA) is 67.6 Å². The number of carbonyl (C=O) groups is 1. The van der Waals surface area contributed by atoms with Crippen LogP contribution in [0.5, 0.6) is 0 Å². The molecule has 5 nitrogen and oxygen atoms in total. The zero-order valence-corrected chi connectivity index (χ0v) is 13.7. The van der Waals surface area contributed by atoms with Gasteiger partial charge in [-0.25, -0.2) is 0 Å². The molecule has 1 unspecified atom stereocenters. The van der Waals surface area contributed by atoms with Crippen LogP contribution >= 0.6 is 0 Å². The molecule has 23 heavy (non-hydrogen) atoms. The first kappa shape index (κ1) is 16.4. The zero-order valence-electron chi connectivity index (χ0n) is 13.7. The van der Waals surface area contributed by atoms with Gasteiger partial charge in [-0.15, -0.1) is 0 Å². The van der Waals surface area contributed by atoms with Gasteiger partial charge in [-0.05, 0) is 42.9 Å². The molecule has 0 aliphatic carbocycles. The van der Waals surface area contributed by atoms with Crippen LogP contribution in [0.25, 0.3) is 0 Å². The molecule has 1 amide bonds. The van der Waals surface area contributed by atoms with Crippen molar-refractivity contribution in [3.05, 3.63) is 35.4 Å². The second-order valence-electron chi connectivity index (χ2n) is 6.68. The lowest BCUT2D eigenvalue weighted by molar-refractivity contribution is 0.0903. The number of likely N-dealkylation sites (tertiary alicyclic amines) is 1. The number of nitrogens with one attached hydrogen (secondary N) is 1. The van der Waals surface area contributed by atoms with Crippen LogP contribution in [-0.4, -0.2) is 49.7 Å². The molecular formula is C18H27N3O2. The quantitative estimate of drug-likeness (QED) is 0.861. The summed E-state index contributed by atoms with van der Waals surface area (Å²) in [5, 5.41) is 3.17. The van der Waals surface area contributed by atoms with Crippen molar-refractivity contribution in [2.24, 2.45) is 11.7 Å². The van der Waals surface area contributed by atoms with Gasteiger partial charge in [0, 0.05) is 44.4 Å². The summed E-state index contributed by atoms with van der Waals surface area (Å²) >= 11 is 0. The number of rotatable bonds is 5. The van der Waals surface area contributed by atoms with Crippen molar-refractivity contribution < 1.29 is 9.53 Å². The Morgan fingerprint density at radius 3 is 2.57 bits per heavy atom. The third-order valence-corrected chi connectivity index (χ3v) is 4.92. The molecule has 2 heterocycles. The minimum Gasteiger partial charge on any atom is -0.381 e. The van der Waals surface area contributed by atoms with E-state index in [2.05, 4.69) is 10.2 Å². The van der Waals surface area contributed by atoms with Gasteiger partial charge in [-0.2, -0.15) is 0 Å². The lowest BCUT2D eigenvalue weighted by Crippen LogP contribution is -2.45. The fraction of sp³-hybridized carbons (Fsp3) is 0.611. The largest absolute Gasteiger partial charge is 0.381 e. The molecule has 0 spiro atoms. The van der Waals surface area contributed by atoms with Gasteiger partial charge in [-0.3, -0.25) is 4.79 Å². The van der Waals surface area contributed by atoms with Gasteiger partial charge < -0.3 is 20.7 Å². The lowest BCUT2D eigenvalue weighted by Gasteiger charge is -2.33. The highest BCUT2D eigenvalue weighted by atomic mass is 16.5. The molecule has 2 aliphatic rings. The Morgan fingerprint density at radius 1 is 1.22 bits per heavy atom. The Labute approximate surface area is 138 Å². The SMILES string of the molecule is NCc1ccc(C(=O)NC2CCN(CC3CCOC3)CC2)cc1. The number of amides is 1. The van der Waals surface area contributed by atoms with Crippen molar-refractivity contribution in [2.45, 2.75) is 31.8 Å². The summed E-state index contributed by atoms with van der Waals surface area (Å²) in [6, 6.07) is 7.83. The van der Waals surface area contributed by atoms with Crippen molar-refractivity contribution in [2.75, 3.05) is 32.8 Å². The zero-order chi connectivity index (χ0) is 16.1. The van der Waals surface area contributed by atoms with Gasteiger partial charge in [0.1, 0.15) is 0 Å². The Bertz CT molecular complexity index is 504. The average Bonchev–Trinajstić information content (AvgIpc) is 3.10. The van der Waals surface area contributed by atoms with Crippen LogP contribution in [0.15, 0.2) is 24.3 Å². The normalized spacial score (nSPS) is 23.1. The van der Waals surface area contributed by atoms with Crippen molar-refractivity contribution in [1.29, 1.82) is 0 Å². The predicted molar refractivity (Wildman–Crippen MR) is 90.2 cm³/mol. The highest BCUT2D eigenvalue weighted by molar-refractivity contribution is 5.94. The van der Waals surface area contributed by atoms with Crippen molar-refractivity contribution in [3.8, 4) is 0 Å². The maximum atomic E-state index is 12.3. The maximum Gasteiger partial charge on any atom is 0.251 e. The van der Waals surface area contributed by atoms with E-state index in [0.29, 0.717) is 18.0 Å². The van der Waals surface area contributed by atoms with E-state index in [4.69, 9.17) is 10.5 Å². The lowest BCUT2D eigenvalue weighted by atomic mass is 10.0. The number of benzene rings is 1. The summed E-state index contributed by atoms with van der Waals surface area (Å²) < 4.78 is 5.45. The summed E-state index contributed by atoms with van der Waals surface area (Å²) in [5.74, 6) is 0.721. The van der Waals surface area contributed by atoms with E-state index in [-0.39, 0.29) is 11.9 Å². The van der Waals surface area contributed by atoms with Crippen LogP contribution in [0, 0.1) is 5.92 Å². The standard InChI is InChI=1S/C18H27N3O2/c19-11-14-1-3-16(4-2-14)18(22)20-17-5-8-21(9-6-17)12-15-7-10-23-13-15/h1-4,15,17H,5-13,19H2,(H,20,22). The van der Waals surface area contributed by atoms with Crippen LogP contribution in [0.3, 0.4) is 0 Å². The number of nitrogens with two attached hydrogens (primary N) is 1. The first-order valence-electron chi connectivity index (χ1n) is 8.64. The summed E-state index contributed by atoms with van der Waals surface area (Å²) in [4.78, 5) is 14.8. The van der Waals surface area contributed by atoms with Gasteiger partial charge in [0.15, 0.2) is 0 Å². The van der Waals surface area contributed by atoms with Gasteiger partial charge in [0.25, 0.3) is 5.91 Å². The number of carbonyl (C=O) groups excluding carboxylic acids is 1. The number of ether oxygens (including phenoxy) is 1. The molecule has 2 aliphatic heterocycles. The van der Waals surface area contributed by atoms with Gasteiger partial charge >= 0.3 is 0 Å². The Balaban J connectivity index is 1.43. The van der Waals surface area contributed by atoms with Crippen LogP contribution in [-0.2, 0) is 11.3 Å². The molecule has 0 saturated carbocycles. The van der Waals surface area contributed by atoms with E-state index in [1.54, 1.807) is 0 Å². The third kappa shape index (κ3) is 4.53. The first-order chi connectivity index (χ1) is 11.2. The van der Waals surface area contributed by atoms with Gasteiger partial charge in [0.2, 0.25) is 0 Å². The fourth-order valence-corrected chi connectivity index (χ4v) is 3.41. The second kappa shape index (κ2) is 7.90. The minimum absolute atomic E-state index is 0.0243. The van der Waals surface area contributed by atoms with Crippen molar-refractivity contribution >= 4 is 5.91 Å². The molecule has 1 aromatic carbocycles. The summed E-state index contributed by atoms with van der Waals surface area (Å²) in [7, 11) is 0. The van der Waals surface area contributed by atoms with Crippen LogP contribution < -0.4 is 11.1 Å². The highest BCUT2D eigenvalue weighted by Crippen LogP contribution is 2.18. The van der Waals surface area contributed by atoms with Gasteiger partial charge in [0.05, 0.1) is 6.61 Å². The molecule has 3 N–H and O–H groups in total. The smallest absolute Gasteiger partial charge is 0.251 e. The third-order valence-electron chi connectivity index (χ3n) is 4.92. The van der Waals surface area contributed by atoms with E-state index in [0.717, 1.165) is 51.3 Å². The molecule has 1 aromatic rings. The maximum absolute atomic E-state index is 12.3. The van der Waals surface area contributed by atoms with E-state index in [9.17, 15) is 4.79 Å². The number of piperidine rings is 1. The van der Waals surface area contributed by atoms with Crippen LogP contribution in [0.2, 0.25) is 0 Å². The molecule has 3 rings (SSSR count). The molecule has 2 saturated heterocycles. The predicted octanol–water partition coefficient (Wildman–Crippen LogP) is 1.38. The Hall–Kier alpha value is -1.43. The fourth-order valence-electron chi connectivity index (χ4n) is 3.41. The highest BCUT2D eigenvalue weighted by Gasteiger charge is 2.24. The molecule has 126 valence electrons. The number of hydrogen-bond donors (Lipinski definition) is 2. The monoisotopic (exact) mass is 317 g/mol. The molecule has 5 heteroatoms. The molecule has 0 aromatic heterocycles. The molecular weight excluding hydrogens is 290 g/mol. The number of nitrogens with zero attached hydrogens (tertiary/aromatic N) is 1. The van der Waals surface area contributed by atoms with Crippen molar-refractivity contribution in [3.63, 3.8) is 0 Å². The van der Waals surface area contributed by atoms with Gasteiger partial charge in [-0.1, -0.05) is 12.1 Å². The minimum atomic E-state index is 0.0243. The van der Waals surface area contributed by atoms with E-state index in [1.807, 2.05) is 24.3 Å². The Morgan fingerprint density at radius 2 is 1.96 bits per heavy atom. The second-order valence-corrected chi connectivity index (χ2v) is 6.68. The molecule has 0 radical (unpaired) electrons. The Kier molecular flexibility index (Phi) is 5.65. The summed E-state index contributed by atoms with van der Waals surface area (Å²) in [5.41, 5.74) is 7.35. The summed E-state index contributed by atoms with van der Waals surface area (Å²) in [6.07, 6.45) is 3.25. The average molecular weight is 317 g/mol.